The molecule has 6 heteroatoms. The Balaban J connectivity index is 1.86. The first-order valence-corrected chi connectivity index (χ1v) is 7.66. The van der Waals surface area contributed by atoms with Gasteiger partial charge in [-0.05, 0) is 31.2 Å². The summed E-state index contributed by atoms with van der Waals surface area (Å²) >= 11 is 5.96. The smallest absolute Gasteiger partial charge is 0.231 e. The molecule has 3 aromatic rings. The van der Waals surface area contributed by atoms with E-state index in [1.54, 1.807) is 6.07 Å². The molecule has 1 N–H and O–H groups in total. The number of hydrogen-bond acceptors (Lipinski definition) is 2. The van der Waals surface area contributed by atoms with Crippen LogP contribution < -0.4 is 5.32 Å². The minimum atomic E-state index is -0.489. The highest BCUT2D eigenvalue weighted by atomic mass is 35.5. The normalized spacial score (nSPS) is 10.9. The number of amides is 1. The average Bonchev–Trinajstić information content (AvgIpc) is 2.88. The molecule has 23 heavy (non-hydrogen) atoms. The molecule has 0 radical (unpaired) electrons. The molecule has 0 bridgehead atoms. The van der Waals surface area contributed by atoms with E-state index in [4.69, 9.17) is 11.6 Å². The van der Waals surface area contributed by atoms with Gasteiger partial charge in [0.1, 0.15) is 5.82 Å². The Kier molecular flexibility index (Phi) is 4.30. The number of aryl methyl sites for hydroxylation is 1. The van der Waals surface area contributed by atoms with E-state index in [-0.39, 0.29) is 22.9 Å². The van der Waals surface area contributed by atoms with Gasteiger partial charge < -0.3 is 4.57 Å². The summed E-state index contributed by atoms with van der Waals surface area (Å²) in [6, 6.07) is 12.0. The summed E-state index contributed by atoms with van der Waals surface area (Å²) in [5, 5.41) is 2.98. The lowest BCUT2D eigenvalue weighted by Crippen LogP contribution is -2.18. The summed E-state index contributed by atoms with van der Waals surface area (Å²) in [7, 11) is 0. The minimum absolute atomic E-state index is 0.140. The maximum absolute atomic E-state index is 13.8. The lowest BCUT2D eigenvalue weighted by Gasteiger charge is -2.09. The van der Waals surface area contributed by atoms with Crippen molar-refractivity contribution in [2.75, 3.05) is 5.32 Å². The molecule has 3 rings (SSSR count). The van der Waals surface area contributed by atoms with Gasteiger partial charge in [-0.25, -0.2) is 9.37 Å². The van der Waals surface area contributed by atoms with Gasteiger partial charge in [0.15, 0.2) is 0 Å². The summed E-state index contributed by atoms with van der Waals surface area (Å²) in [5.74, 6) is -0.398. The molecule has 0 saturated heterocycles. The third kappa shape index (κ3) is 3.05. The summed E-state index contributed by atoms with van der Waals surface area (Å²) < 4.78 is 15.7. The highest BCUT2D eigenvalue weighted by Gasteiger charge is 2.15. The van der Waals surface area contributed by atoms with Crippen LogP contribution in [0.1, 0.15) is 12.5 Å². The molecule has 2 aromatic carbocycles. The van der Waals surface area contributed by atoms with Crippen LogP contribution in [0.3, 0.4) is 0 Å². The van der Waals surface area contributed by atoms with Crippen molar-refractivity contribution in [1.82, 2.24) is 9.55 Å². The van der Waals surface area contributed by atoms with Crippen LogP contribution in [0.25, 0.3) is 11.0 Å². The van der Waals surface area contributed by atoms with Crippen LogP contribution in [0.4, 0.5) is 10.3 Å². The van der Waals surface area contributed by atoms with E-state index < -0.39 is 5.82 Å². The Morgan fingerprint density at radius 2 is 2.04 bits per heavy atom. The molecule has 0 fully saturated rings. The zero-order valence-electron chi connectivity index (χ0n) is 12.5. The fourth-order valence-electron chi connectivity index (χ4n) is 2.52. The first-order chi connectivity index (χ1) is 11.1. The fourth-order valence-corrected chi connectivity index (χ4v) is 2.75. The van der Waals surface area contributed by atoms with Crippen LogP contribution in [-0.4, -0.2) is 15.5 Å². The molecular weight excluding hydrogens is 317 g/mol. The molecule has 1 amide bonds. The summed E-state index contributed by atoms with van der Waals surface area (Å²) in [5.41, 5.74) is 1.92. The lowest BCUT2D eigenvalue weighted by atomic mass is 10.1. The van der Waals surface area contributed by atoms with Gasteiger partial charge in [0.25, 0.3) is 0 Å². The van der Waals surface area contributed by atoms with Crippen molar-refractivity contribution in [3.8, 4) is 0 Å². The van der Waals surface area contributed by atoms with Crippen molar-refractivity contribution in [2.24, 2.45) is 0 Å². The molecule has 0 aliphatic heterocycles. The number of halogens is 2. The summed E-state index contributed by atoms with van der Waals surface area (Å²) in [6.45, 7) is 2.63. The van der Waals surface area contributed by atoms with Gasteiger partial charge in [-0.15, -0.1) is 0 Å². The Bertz CT molecular complexity index is 855. The maximum atomic E-state index is 13.8. The number of hydrogen-bond donors (Lipinski definition) is 1. The predicted octanol–water partition coefficient (Wildman–Crippen LogP) is 4.03. The molecule has 0 aliphatic rings. The standard InChI is InChI=1S/C17H15ClFN3O/c1-2-22-15-9-4-3-8-14(15)20-17(22)21-16(23)10-11-12(18)6-5-7-13(11)19/h3-9H,2,10H2,1H3,(H,20,21,23). The molecule has 0 aliphatic carbocycles. The van der Waals surface area contributed by atoms with Crippen molar-refractivity contribution in [3.63, 3.8) is 0 Å². The van der Waals surface area contributed by atoms with E-state index in [2.05, 4.69) is 10.3 Å². The Labute approximate surface area is 137 Å². The van der Waals surface area contributed by atoms with E-state index in [9.17, 15) is 9.18 Å². The van der Waals surface area contributed by atoms with Crippen LogP contribution in [0, 0.1) is 5.82 Å². The number of rotatable bonds is 4. The van der Waals surface area contributed by atoms with Gasteiger partial charge in [0, 0.05) is 17.1 Å². The number of nitrogens with one attached hydrogen (secondary N) is 1. The maximum Gasteiger partial charge on any atom is 0.231 e. The number of fused-ring (bicyclic) bond motifs is 1. The number of anilines is 1. The van der Waals surface area contributed by atoms with Gasteiger partial charge in [0.2, 0.25) is 11.9 Å². The molecule has 0 atom stereocenters. The zero-order valence-corrected chi connectivity index (χ0v) is 13.3. The van der Waals surface area contributed by atoms with Gasteiger partial charge >= 0.3 is 0 Å². The summed E-state index contributed by atoms with van der Waals surface area (Å²) in [6.07, 6.45) is -0.140. The van der Waals surface area contributed by atoms with Crippen LogP contribution in [0.2, 0.25) is 5.02 Å². The molecule has 118 valence electrons. The van der Waals surface area contributed by atoms with Crippen LogP contribution in [-0.2, 0) is 17.8 Å². The molecule has 1 heterocycles. The fraction of sp³-hybridized carbons (Fsp3) is 0.176. The number of carbonyl (C=O) groups excluding carboxylic acids is 1. The van der Waals surface area contributed by atoms with Crippen molar-refractivity contribution < 1.29 is 9.18 Å². The Morgan fingerprint density at radius 1 is 1.26 bits per heavy atom. The first-order valence-electron chi connectivity index (χ1n) is 7.28. The van der Waals surface area contributed by atoms with Crippen molar-refractivity contribution >= 4 is 34.5 Å². The zero-order chi connectivity index (χ0) is 16.4. The Morgan fingerprint density at radius 3 is 2.78 bits per heavy atom. The highest BCUT2D eigenvalue weighted by Crippen LogP contribution is 2.22. The topological polar surface area (TPSA) is 46.9 Å². The molecule has 0 spiro atoms. The largest absolute Gasteiger partial charge is 0.310 e. The summed E-state index contributed by atoms with van der Waals surface area (Å²) in [4.78, 5) is 16.7. The van der Waals surface area contributed by atoms with Crippen LogP contribution in [0.15, 0.2) is 42.5 Å². The predicted molar refractivity (Wildman–Crippen MR) is 89.2 cm³/mol. The third-order valence-electron chi connectivity index (χ3n) is 3.62. The second-order valence-corrected chi connectivity index (χ2v) is 5.50. The molecule has 0 unspecified atom stereocenters. The van der Waals surface area contributed by atoms with Gasteiger partial charge in [-0.2, -0.15) is 0 Å². The number of aromatic nitrogens is 2. The van der Waals surface area contributed by atoms with E-state index in [1.165, 1.54) is 12.1 Å². The van der Waals surface area contributed by atoms with E-state index >= 15 is 0 Å². The minimum Gasteiger partial charge on any atom is -0.310 e. The van der Waals surface area contributed by atoms with Crippen LogP contribution in [0.5, 0.6) is 0 Å². The number of imidazole rings is 1. The number of para-hydroxylation sites is 2. The van der Waals surface area contributed by atoms with Crippen LogP contribution >= 0.6 is 11.6 Å². The van der Waals surface area contributed by atoms with E-state index in [0.717, 1.165) is 11.0 Å². The number of carbonyl (C=O) groups is 1. The molecule has 4 nitrogen and oxygen atoms in total. The average molecular weight is 332 g/mol. The van der Waals surface area contributed by atoms with Crippen molar-refractivity contribution in [1.29, 1.82) is 0 Å². The molecule has 0 saturated carbocycles. The first kappa shape index (κ1) is 15.5. The monoisotopic (exact) mass is 331 g/mol. The second kappa shape index (κ2) is 6.38. The highest BCUT2D eigenvalue weighted by molar-refractivity contribution is 6.31. The van der Waals surface area contributed by atoms with E-state index in [1.807, 2.05) is 35.8 Å². The van der Waals surface area contributed by atoms with E-state index in [0.29, 0.717) is 12.5 Å². The molecule has 1 aromatic heterocycles. The number of benzene rings is 2. The Hall–Kier alpha value is -2.40. The van der Waals surface area contributed by atoms with Gasteiger partial charge in [0.05, 0.1) is 17.5 Å². The third-order valence-corrected chi connectivity index (χ3v) is 3.98. The van der Waals surface area contributed by atoms with Gasteiger partial charge in [-0.1, -0.05) is 29.8 Å². The number of nitrogens with zero attached hydrogens (tertiary/aromatic N) is 2. The van der Waals surface area contributed by atoms with Gasteiger partial charge in [-0.3, -0.25) is 10.1 Å². The van der Waals surface area contributed by atoms with Crippen molar-refractivity contribution in [3.05, 3.63) is 58.9 Å². The van der Waals surface area contributed by atoms with Crippen molar-refractivity contribution in [2.45, 2.75) is 19.9 Å². The SMILES string of the molecule is CCn1c(NC(=O)Cc2c(F)cccc2Cl)nc2ccccc21. The quantitative estimate of drug-likeness (QED) is 0.784. The lowest BCUT2D eigenvalue weighted by molar-refractivity contribution is -0.115. The molecular formula is C17H15ClFN3O. The second-order valence-electron chi connectivity index (χ2n) is 5.09.